The summed E-state index contributed by atoms with van der Waals surface area (Å²) in [7, 11) is 1.78. The molecule has 2 saturated heterocycles. The van der Waals surface area contributed by atoms with Gasteiger partial charge in [-0.05, 0) is 12.1 Å². The molecule has 1 spiro atoms. The molecule has 0 aliphatic carbocycles. The number of amides is 3. The molecule has 26 heavy (non-hydrogen) atoms. The first kappa shape index (κ1) is 18.4. The Labute approximate surface area is 154 Å². The SMILES string of the molecule is CC(C)C(=O)N1CCN(C(=O)c2ccncc2)C[C@]2(CC(=O)N(C)C2)C1. The lowest BCUT2D eigenvalue weighted by atomic mass is 9.85. The van der Waals surface area contributed by atoms with Crippen LogP contribution < -0.4 is 0 Å². The minimum Gasteiger partial charge on any atom is -0.345 e. The molecule has 7 heteroatoms. The molecule has 0 aromatic carbocycles. The maximum atomic E-state index is 13.0. The van der Waals surface area contributed by atoms with E-state index in [1.165, 1.54) is 0 Å². The molecule has 0 bridgehead atoms. The molecule has 0 unspecified atom stereocenters. The predicted octanol–water partition coefficient (Wildman–Crippen LogP) is 0.871. The molecule has 0 N–H and O–H groups in total. The summed E-state index contributed by atoms with van der Waals surface area (Å²) in [6, 6.07) is 3.39. The Morgan fingerprint density at radius 1 is 1.08 bits per heavy atom. The van der Waals surface area contributed by atoms with Gasteiger partial charge in [0.05, 0.1) is 0 Å². The van der Waals surface area contributed by atoms with Gasteiger partial charge in [0, 0.05) is 75.5 Å². The quantitative estimate of drug-likeness (QED) is 0.786. The fourth-order valence-electron chi connectivity index (χ4n) is 3.98. The lowest BCUT2D eigenvalue weighted by Gasteiger charge is -2.33. The Morgan fingerprint density at radius 3 is 2.27 bits per heavy atom. The molecule has 3 heterocycles. The van der Waals surface area contributed by atoms with Crippen molar-refractivity contribution in [2.24, 2.45) is 11.3 Å². The van der Waals surface area contributed by atoms with Crippen LogP contribution in [0, 0.1) is 11.3 Å². The van der Waals surface area contributed by atoms with Gasteiger partial charge in [0.25, 0.3) is 5.91 Å². The maximum Gasteiger partial charge on any atom is 0.254 e. The van der Waals surface area contributed by atoms with Crippen LogP contribution in [0.1, 0.15) is 30.6 Å². The van der Waals surface area contributed by atoms with E-state index in [2.05, 4.69) is 4.98 Å². The Hall–Kier alpha value is -2.44. The van der Waals surface area contributed by atoms with Crippen LogP contribution in [0.4, 0.5) is 0 Å². The summed E-state index contributed by atoms with van der Waals surface area (Å²) in [4.78, 5) is 47.1. The zero-order valence-corrected chi connectivity index (χ0v) is 15.6. The molecule has 0 saturated carbocycles. The highest BCUT2D eigenvalue weighted by Gasteiger charge is 2.47. The van der Waals surface area contributed by atoms with E-state index < -0.39 is 5.41 Å². The van der Waals surface area contributed by atoms with Crippen LogP contribution in [0.15, 0.2) is 24.5 Å². The second-order valence-corrected chi connectivity index (χ2v) is 7.80. The highest BCUT2D eigenvalue weighted by molar-refractivity contribution is 5.94. The molecular weight excluding hydrogens is 332 g/mol. The third kappa shape index (κ3) is 3.57. The van der Waals surface area contributed by atoms with Crippen LogP contribution >= 0.6 is 0 Å². The summed E-state index contributed by atoms with van der Waals surface area (Å²) in [5.41, 5.74) is 0.173. The van der Waals surface area contributed by atoms with E-state index in [0.717, 1.165) is 0 Å². The van der Waals surface area contributed by atoms with Gasteiger partial charge in [-0.1, -0.05) is 13.8 Å². The average Bonchev–Trinajstić information content (AvgIpc) is 2.79. The van der Waals surface area contributed by atoms with Crippen LogP contribution in [0.5, 0.6) is 0 Å². The van der Waals surface area contributed by atoms with Crippen molar-refractivity contribution in [1.29, 1.82) is 0 Å². The molecule has 1 aromatic rings. The topological polar surface area (TPSA) is 73.8 Å². The van der Waals surface area contributed by atoms with Crippen molar-refractivity contribution < 1.29 is 14.4 Å². The number of hydrogen-bond acceptors (Lipinski definition) is 4. The maximum absolute atomic E-state index is 13.0. The van der Waals surface area contributed by atoms with E-state index >= 15 is 0 Å². The zero-order chi connectivity index (χ0) is 18.9. The lowest BCUT2D eigenvalue weighted by molar-refractivity contribution is -0.135. The number of carbonyl (C=O) groups is 3. The Kier molecular flexibility index (Phi) is 4.98. The van der Waals surface area contributed by atoms with Crippen molar-refractivity contribution >= 4 is 17.7 Å². The predicted molar refractivity (Wildman–Crippen MR) is 96.2 cm³/mol. The van der Waals surface area contributed by atoms with Gasteiger partial charge in [-0.3, -0.25) is 19.4 Å². The van der Waals surface area contributed by atoms with Crippen LogP contribution in [0.25, 0.3) is 0 Å². The van der Waals surface area contributed by atoms with Gasteiger partial charge in [0.15, 0.2) is 0 Å². The molecule has 3 rings (SSSR count). The number of carbonyl (C=O) groups excluding carboxylic acids is 3. The first-order valence-electron chi connectivity index (χ1n) is 9.03. The fourth-order valence-corrected chi connectivity index (χ4v) is 3.98. The van der Waals surface area contributed by atoms with Gasteiger partial charge in [0.2, 0.25) is 11.8 Å². The summed E-state index contributed by atoms with van der Waals surface area (Å²) in [5.74, 6) is -0.0401. The lowest BCUT2D eigenvalue weighted by Crippen LogP contribution is -2.45. The van der Waals surface area contributed by atoms with E-state index in [9.17, 15) is 14.4 Å². The van der Waals surface area contributed by atoms with E-state index in [0.29, 0.717) is 44.7 Å². The first-order chi connectivity index (χ1) is 12.3. The van der Waals surface area contributed by atoms with Crippen LogP contribution in [0.3, 0.4) is 0 Å². The van der Waals surface area contributed by atoms with Crippen molar-refractivity contribution in [3.8, 4) is 0 Å². The van der Waals surface area contributed by atoms with Gasteiger partial charge < -0.3 is 14.7 Å². The van der Waals surface area contributed by atoms with Gasteiger partial charge in [-0.2, -0.15) is 0 Å². The molecular formula is C19H26N4O3. The molecule has 2 fully saturated rings. The standard InChI is InChI=1S/C19H26N4O3/c1-14(2)17(25)22-8-9-23(18(26)15-4-6-20-7-5-15)13-19(12-22)10-16(24)21(3)11-19/h4-7,14H,8-13H2,1-3H3/t19-/m0/s1. The Bertz CT molecular complexity index is 706. The summed E-state index contributed by atoms with van der Waals surface area (Å²) in [6.07, 6.45) is 3.57. The highest BCUT2D eigenvalue weighted by atomic mass is 16.2. The Morgan fingerprint density at radius 2 is 1.69 bits per heavy atom. The average molecular weight is 358 g/mol. The second-order valence-electron chi connectivity index (χ2n) is 7.80. The Balaban J connectivity index is 1.88. The third-order valence-electron chi connectivity index (χ3n) is 5.24. The number of likely N-dealkylation sites (tertiary alicyclic amines) is 1. The molecule has 140 valence electrons. The second kappa shape index (κ2) is 7.05. The first-order valence-corrected chi connectivity index (χ1v) is 9.03. The smallest absolute Gasteiger partial charge is 0.254 e. The summed E-state index contributed by atoms with van der Waals surface area (Å²) < 4.78 is 0. The molecule has 1 aromatic heterocycles. The van der Waals surface area contributed by atoms with Crippen molar-refractivity contribution in [3.63, 3.8) is 0 Å². The monoisotopic (exact) mass is 358 g/mol. The van der Waals surface area contributed by atoms with Crippen LogP contribution in [-0.2, 0) is 9.59 Å². The van der Waals surface area contributed by atoms with Crippen LogP contribution in [-0.4, -0.2) is 77.2 Å². The third-order valence-corrected chi connectivity index (χ3v) is 5.24. The number of pyridine rings is 1. The van der Waals surface area contributed by atoms with E-state index in [1.54, 1.807) is 41.4 Å². The number of rotatable bonds is 2. The molecule has 1 atom stereocenters. The van der Waals surface area contributed by atoms with Gasteiger partial charge >= 0.3 is 0 Å². The van der Waals surface area contributed by atoms with Crippen molar-refractivity contribution in [2.75, 3.05) is 39.8 Å². The molecule has 7 nitrogen and oxygen atoms in total. The largest absolute Gasteiger partial charge is 0.345 e. The van der Waals surface area contributed by atoms with Gasteiger partial charge in [-0.25, -0.2) is 0 Å². The fraction of sp³-hybridized carbons (Fsp3) is 0.579. The molecule has 2 aliphatic rings. The normalized spacial score (nSPS) is 23.7. The van der Waals surface area contributed by atoms with E-state index in [4.69, 9.17) is 0 Å². The minimum atomic E-state index is -0.407. The number of aromatic nitrogens is 1. The minimum absolute atomic E-state index is 0.0696. The molecule has 3 amide bonds. The zero-order valence-electron chi connectivity index (χ0n) is 15.6. The summed E-state index contributed by atoms with van der Waals surface area (Å²) in [5, 5.41) is 0. The van der Waals surface area contributed by atoms with E-state index in [-0.39, 0.29) is 23.6 Å². The van der Waals surface area contributed by atoms with Crippen molar-refractivity contribution in [3.05, 3.63) is 30.1 Å². The van der Waals surface area contributed by atoms with Gasteiger partial charge in [0.1, 0.15) is 0 Å². The number of nitrogens with zero attached hydrogens (tertiary/aromatic N) is 4. The molecule has 2 aliphatic heterocycles. The summed E-state index contributed by atoms with van der Waals surface area (Å²) in [6.45, 7) is 6.28. The van der Waals surface area contributed by atoms with Crippen molar-refractivity contribution in [2.45, 2.75) is 20.3 Å². The van der Waals surface area contributed by atoms with Crippen molar-refractivity contribution in [1.82, 2.24) is 19.7 Å². The van der Waals surface area contributed by atoms with Gasteiger partial charge in [-0.15, -0.1) is 0 Å². The highest BCUT2D eigenvalue weighted by Crippen LogP contribution is 2.35. The summed E-state index contributed by atoms with van der Waals surface area (Å²) >= 11 is 0. The number of hydrogen-bond donors (Lipinski definition) is 0. The van der Waals surface area contributed by atoms with Crippen LogP contribution in [0.2, 0.25) is 0 Å². The van der Waals surface area contributed by atoms with E-state index in [1.807, 2.05) is 18.7 Å². The molecule has 0 radical (unpaired) electrons.